The van der Waals surface area contributed by atoms with Gasteiger partial charge < -0.3 is 11.1 Å². The highest BCUT2D eigenvalue weighted by Gasteiger charge is 2.27. The summed E-state index contributed by atoms with van der Waals surface area (Å²) in [4.78, 5) is 11.2. The first-order valence-corrected chi connectivity index (χ1v) is 5.85. The molecule has 0 saturated carbocycles. The van der Waals surface area contributed by atoms with E-state index in [0.717, 1.165) is 0 Å². The lowest BCUT2D eigenvalue weighted by Gasteiger charge is -2.17. The highest BCUT2D eigenvalue weighted by molar-refractivity contribution is 8.00. The van der Waals surface area contributed by atoms with Gasteiger partial charge in [0.25, 0.3) is 0 Å². The summed E-state index contributed by atoms with van der Waals surface area (Å²) in [7, 11) is 0. The van der Waals surface area contributed by atoms with Crippen molar-refractivity contribution in [3.8, 4) is 0 Å². The third-order valence-corrected chi connectivity index (χ3v) is 2.42. The van der Waals surface area contributed by atoms with Crippen LogP contribution in [0.3, 0.4) is 0 Å². The van der Waals surface area contributed by atoms with Gasteiger partial charge in [0, 0.05) is 24.3 Å². The van der Waals surface area contributed by atoms with Crippen LogP contribution >= 0.6 is 11.8 Å². The summed E-state index contributed by atoms with van der Waals surface area (Å²) in [5.41, 5.74) is 0.998. The fraction of sp³-hybridized carbons (Fsp3) is 0.889. The van der Waals surface area contributed by atoms with Crippen molar-refractivity contribution in [1.82, 2.24) is 5.32 Å². The Morgan fingerprint density at radius 1 is 1.38 bits per heavy atom. The van der Waals surface area contributed by atoms with Crippen LogP contribution in [0.5, 0.6) is 0 Å². The van der Waals surface area contributed by atoms with Gasteiger partial charge in [0.05, 0.1) is 0 Å². The van der Waals surface area contributed by atoms with Crippen molar-refractivity contribution in [2.45, 2.75) is 37.7 Å². The predicted octanol–water partition coefficient (Wildman–Crippen LogP) is 1.87. The summed E-state index contributed by atoms with van der Waals surface area (Å²) < 4.78 is 35.2. The molecule has 0 aromatic rings. The first kappa shape index (κ1) is 15.6. The smallest absolute Gasteiger partial charge is 0.355 e. The second-order valence-corrected chi connectivity index (χ2v) is 5.29. The van der Waals surface area contributed by atoms with E-state index in [1.165, 1.54) is 0 Å². The Balaban J connectivity index is 3.52. The zero-order valence-corrected chi connectivity index (χ0v) is 10.2. The number of carbonyl (C=O) groups excluding carboxylic acids is 1. The van der Waals surface area contributed by atoms with Gasteiger partial charge in [-0.1, -0.05) is 0 Å². The van der Waals surface area contributed by atoms with Crippen molar-refractivity contribution in [2.24, 2.45) is 5.73 Å². The second-order valence-electron chi connectivity index (χ2n) is 4.13. The molecule has 0 rings (SSSR count). The third kappa shape index (κ3) is 11.6. The summed E-state index contributed by atoms with van der Waals surface area (Å²) in [6.07, 6.45) is 0.741. The van der Waals surface area contributed by atoms with Gasteiger partial charge in [-0.15, -0.1) is 0 Å². The van der Waals surface area contributed by atoms with Crippen molar-refractivity contribution < 1.29 is 18.0 Å². The quantitative estimate of drug-likeness (QED) is 0.715. The molecule has 0 atom stereocenters. The van der Waals surface area contributed by atoms with Gasteiger partial charge in [0.15, 0.2) is 0 Å². The molecule has 0 bridgehead atoms. The Hall–Kier alpha value is -0.430. The van der Waals surface area contributed by atoms with Crippen molar-refractivity contribution >= 4 is 17.7 Å². The van der Waals surface area contributed by atoms with E-state index in [1.54, 1.807) is 13.8 Å². The van der Waals surface area contributed by atoms with Crippen LogP contribution in [0.1, 0.15) is 26.7 Å². The number of alkyl halides is 3. The van der Waals surface area contributed by atoms with Gasteiger partial charge >= 0.3 is 5.51 Å². The summed E-state index contributed by atoms with van der Waals surface area (Å²) in [6, 6.07) is 0. The van der Waals surface area contributed by atoms with Crippen molar-refractivity contribution in [3.05, 3.63) is 0 Å². The average Bonchev–Trinajstić information content (AvgIpc) is 2.06. The van der Waals surface area contributed by atoms with Crippen LogP contribution in [0.4, 0.5) is 13.2 Å². The molecule has 0 aliphatic rings. The van der Waals surface area contributed by atoms with E-state index >= 15 is 0 Å². The maximum absolute atomic E-state index is 11.7. The lowest BCUT2D eigenvalue weighted by Crippen LogP contribution is -2.35. The molecular formula is C9H17F3N2OS. The van der Waals surface area contributed by atoms with Gasteiger partial charge in [-0.3, -0.25) is 4.79 Å². The Morgan fingerprint density at radius 2 is 1.94 bits per heavy atom. The van der Waals surface area contributed by atoms with Crippen LogP contribution in [-0.2, 0) is 4.79 Å². The monoisotopic (exact) mass is 258 g/mol. The first-order valence-electron chi connectivity index (χ1n) is 4.86. The minimum Gasteiger partial charge on any atom is -0.355 e. The van der Waals surface area contributed by atoms with Crippen molar-refractivity contribution in [1.29, 1.82) is 0 Å². The Morgan fingerprint density at radius 3 is 2.38 bits per heavy atom. The highest BCUT2D eigenvalue weighted by Crippen LogP contribution is 2.29. The van der Waals surface area contributed by atoms with E-state index in [9.17, 15) is 18.0 Å². The maximum atomic E-state index is 11.7. The molecular weight excluding hydrogens is 241 g/mol. The molecule has 0 spiro atoms. The largest absolute Gasteiger partial charge is 0.441 e. The minimum atomic E-state index is -4.23. The third-order valence-electron chi connectivity index (χ3n) is 1.69. The fourth-order valence-electron chi connectivity index (χ4n) is 0.881. The SMILES string of the molecule is CC(C)(N)CCC(=O)NCCSC(F)(F)F. The molecule has 0 saturated heterocycles. The zero-order valence-electron chi connectivity index (χ0n) is 9.36. The van der Waals surface area contributed by atoms with Crippen LogP contribution in [0, 0.1) is 0 Å². The summed E-state index contributed by atoms with van der Waals surface area (Å²) in [5, 5.41) is 2.41. The Labute approximate surface area is 97.3 Å². The van der Waals surface area contributed by atoms with Crippen LogP contribution in [-0.4, -0.2) is 29.3 Å². The molecule has 3 N–H and O–H groups in total. The summed E-state index contributed by atoms with van der Waals surface area (Å²) >= 11 is -0.140. The lowest BCUT2D eigenvalue weighted by atomic mass is 10.00. The van der Waals surface area contributed by atoms with Crippen molar-refractivity contribution in [3.63, 3.8) is 0 Å². The molecule has 0 aromatic heterocycles. The molecule has 7 heteroatoms. The average molecular weight is 258 g/mol. The van der Waals surface area contributed by atoms with Crippen LogP contribution in [0.25, 0.3) is 0 Å². The molecule has 0 radical (unpaired) electrons. The normalized spacial score (nSPS) is 12.6. The van der Waals surface area contributed by atoms with Gasteiger partial charge in [0.1, 0.15) is 0 Å². The number of rotatable bonds is 6. The summed E-state index contributed by atoms with van der Waals surface area (Å²) in [6.45, 7) is 3.60. The number of hydrogen-bond acceptors (Lipinski definition) is 3. The molecule has 0 heterocycles. The summed E-state index contributed by atoms with van der Waals surface area (Å²) in [5.74, 6) is -0.428. The number of nitrogens with two attached hydrogens (primary N) is 1. The molecule has 3 nitrogen and oxygen atoms in total. The van der Waals surface area contributed by atoms with Crippen LogP contribution < -0.4 is 11.1 Å². The first-order chi connectivity index (χ1) is 7.10. The van der Waals surface area contributed by atoms with Gasteiger partial charge in [-0.25, -0.2) is 0 Å². The number of amides is 1. The van der Waals surface area contributed by atoms with E-state index in [1.807, 2.05) is 0 Å². The zero-order chi connectivity index (χ0) is 12.8. The molecule has 1 amide bonds. The molecule has 0 fully saturated rings. The van der Waals surface area contributed by atoms with E-state index in [0.29, 0.717) is 6.42 Å². The van der Waals surface area contributed by atoms with Crippen LogP contribution in [0.15, 0.2) is 0 Å². The Bertz CT molecular complexity index is 226. The number of carbonyl (C=O) groups is 1. The van der Waals surface area contributed by atoms with Gasteiger partial charge in [-0.05, 0) is 32.0 Å². The maximum Gasteiger partial charge on any atom is 0.441 e. The van der Waals surface area contributed by atoms with E-state index < -0.39 is 11.0 Å². The van der Waals surface area contributed by atoms with Gasteiger partial charge in [0.2, 0.25) is 5.91 Å². The standard InChI is InChI=1S/C9H17F3N2OS/c1-8(2,13)4-3-7(15)14-5-6-16-9(10,11)12/h3-6,13H2,1-2H3,(H,14,15). The van der Waals surface area contributed by atoms with E-state index in [2.05, 4.69) is 5.32 Å². The van der Waals surface area contributed by atoms with E-state index in [4.69, 9.17) is 5.73 Å². The minimum absolute atomic E-state index is 0.0218. The highest BCUT2D eigenvalue weighted by atomic mass is 32.2. The molecule has 0 aliphatic heterocycles. The molecule has 0 unspecified atom stereocenters. The lowest BCUT2D eigenvalue weighted by molar-refractivity contribution is -0.121. The molecule has 96 valence electrons. The predicted molar refractivity (Wildman–Crippen MR) is 59.0 cm³/mol. The Kier molecular flexibility index (Phi) is 6.17. The second kappa shape index (κ2) is 6.34. The topological polar surface area (TPSA) is 55.1 Å². The number of nitrogens with one attached hydrogen (secondary N) is 1. The molecule has 0 aromatic carbocycles. The van der Waals surface area contributed by atoms with Crippen molar-refractivity contribution in [2.75, 3.05) is 12.3 Å². The number of hydrogen-bond donors (Lipinski definition) is 2. The molecule has 0 aliphatic carbocycles. The van der Waals surface area contributed by atoms with Gasteiger partial charge in [-0.2, -0.15) is 13.2 Å². The molecule has 16 heavy (non-hydrogen) atoms. The van der Waals surface area contributed by atoms with E-state index in [-0.39, 0.29) is 36.4 Å². The number of thioether (sulfide) groups is 1. The van der Waals surface area contributed by atoms with Crippen LogP contribution in [0.2, 0.25) is 0 Å². The number of halogens is 3. The fourth-order valence-corrected chi connectivity index (χ4v) is 1.32.